The predicted octanol–water partition coefficient (Wildman–Crippen LogP) is 3.14. The maximum atomic E-state index is 11.4. The number of aromatic carboxylic acids is 1. The lowest BCUT2D eigenvalue weighted by molar-refractivity contribution is 0.0697. The molecular formula is C25H28N2O7S. The van der Waals surface area contributed by atoms with Crippen LogP contribution in [0.2, 0.25) is 0 Å². The molecule has 3 aromatic rings. The number of hydrogen-bond donors (Lipinski definition) is 5. The summed E-state index contributed by atoms with van der Waals surface area (Å²) in [4.78, 5) is 11.0. The highest BCUT2D eigenvalue weighted by molar-refractivity contribution is 7.92. The van der Waals surface area contributed by atoms with E-state index in [1.807, 2.05) is 25.1 Å². The number of carbonyl (C=O) groups is 1. The van der Waals surface area contributed by atoms with Gasteiger partial charge < -0.3 is 25.4 Å². The van der Waals surface area contributed by atoms with Gasteiger partial charge in [-0.3, -0.25) is 4.72 Å². The Morgan fingerprint density at radius 1 is 1.03 bits per heavy atom. The minimum atomic E-state index is -3.57. The Bertz CT molecular complexity index is 1290. The average molecular weight is 501 g/mol. The van der Waals surface area contributed by atoms with E-state index in [-0.39, 0.29) is 23.5 Å². The minimum Gasteiger partial charge on any atom is -0.506 e. The molecule has 3 rings (SSSR count). The van der Waals surface area contributed by atoms with E-state index in [0.29, 0.717) is 24.5 Å². The number of phenols is 1. The van der Waals surface area contributed by atoms with Crippen LogP contribution in [0.25, 0.3) is 11.1 Å². The topological polar surface area (TPSA) is 145 Å². The highest BCUT2D eigenvalue weighted by Crippen LogP contribution is 2.28. The molecule has 0 aliphatic rings. The fraction of sp³-hybridized carbons (Fsp3) is 0.240. The van der Waals surface area contributed by atoms with E-state index in [1.165, 1.54) is 18.2 Å². The van der Waals surface area contributed by atoms with Gasteiger partial charge in [0.25, 0.3) is 0 Å². The molecule has 3 aromatic carbocycles. The van der Waals surface area contributed by atoms with E-state index in [2.05, 4.69) is 10.0 Å². The van der Waals surface area contributed by atoms with Crippen molar-refractivity contribution in [2.75, 3.05) is 30.7 Å². The highest BCUT2D eigenvalue weighted by atomic mass is 32.2. The van der Waals surface area contributed by atoms with Crippen LogP contribution in [0.1, 0.15) is 27.6 Å². The summed E-state index contributed by atoms with van der Waals surface area (Å²) in [6.45, 7) is 2.95. The monoisotopic (exact) mass is 500 g/mol. The molecule has 0 spiro atoms. The summed E-state index contributed by atoms with van der Waals surface area (Å²) >= 11 is 0. The van der Waals surface area contributed by atoms with Crippen LogP contribution in [-0.4, -0.2) is 55.7 Å². The quantitative estimate of drug-likeness (QED) is 0.199. The highest BCUT2D eigenvalue weighted by Gasteiger charge is 2.13. The lowest BCUT2D eigenvalue weighted by Crippen LogP contribution is -2.26. The second-order valence-electron chi connectivity index (χ2n) is 8.08. The van der Waals surface area contributed by atoms with Crippen LogP contribution in [-0.2, 0) is 10.0 Å². The van der Waals surface area contributed by atoms with Gasteiger partial charge in [0.1, 0.15) is 18.1 Å². The largest absolute Gasteiger partial charge is 0.506 e. The summed E-state index contributed by atoms with van der Waals surface area (Å²) in [6.07, 6.45) is 0.0643. The van der Waals surface area contributed by atoms with Gasteiger partial charge in [-0.1, -0.05) is 24.3 Å². The Balaban J connectivity index is 1.49. The SMILES string of the molecule is Cc1cc(-c2ccc(C(=O)O)cc2)ccc1OCCNC[C@@H](O)c1ccc(O)c(NS(C)(=O)=O)c1. The first-order chi connectivity index (χ1) is 16.5. The number of aryl methyl sites for hydroxylation is 1. The first kappa shape index (κ1) is 26.0. The maximum absolute atomic E-state index is 11.4. The number of carboxylic acids is 1. The molecule has 35 heavy (non-hydrogen) atoms. The van der Waals surface area contributed by atoms with Crippen LogP contribution < -0.4 is 14.8 Å². The number of ether oxygens (including phenoxy) is 1. The number of carboxylic acid groups (broad SMARTS) is 1. The maximum Gasteiger partial charge on any atom is 0.335 e. The summed E-state index contributed by atoms with van der Waals surface area (Å²) in [5, 5.41) is 32.3. The smallest absolute Gasteiger partial charge is 0.335 e. The first-order valence-corrected chi connectivity index (χ1v) is 12.7. The first-order valence-electron chi connectivity index (χ1n) is 10.8. The van der Waals surface area contributed by atoms with E-state index in [9.17, 15) is 23.4 Å². The zero-order chi connectivity index (χ0) is 25.6. The molecule has 0 amide bonds. The van der Waals surface area contributed by atoms with Gasteiger partial charge in [0.15, 0.2) is 0 Å². The molecule has 0 saturated carbocycles. The van der Waals surface area contributed by atoms with Crippen molar-refractivity contribution in [3.05, 3.63) is 77.4 Å². The minimum absolute atomic E-state index is 0.00383. The lowest BCUT2D eigenvalue weighted by atomic mass is 10.0. The van der Waals surface area contributed by atoms with Crippen molar-refractivity contribution < 1.29 is 33.3 Å². The van der Waals surface area contributed by atoms with Crippen molar-refractivity contribution in [3.8, 4) is 22.6 Å². The van der Waals surface area contributed by atoms with Crippen LogP contribution in [0.3, 0.4) is 0 Å². The predicted molar refractivity (Wildman–Crippen MR) is 133 cm³/mol. The van der Waals surface area contributed by atoms with E-state index in [1.54, 1.807) is 24.3 Å². The molecule has 5 N–H and O–H groups in total. The van der Waals surface area contributed by atoms with Gasteiger partial charge in [0.05, 0.1) is 23.6 Å². The molecule has 0 saturated heterocycles. The third-order valence-electron chi connectivity index (χ3n) is 5.21. The third-order valence-corrected chi connectivity index (χ3v) is 5.81. The fourth-order valence-corrected chi connectivity index (χ4v) is 3.99. The van der Waals surface area contributed by atoms with Gasteiger partial charge in [0, 0.05) is 13.1 Å². The Labute approximate surface area is 204 Å². The zero-order valence-electron chi connectivity index (χ0n) is 19.4. The number of aliphatic hydroxyl groups excluding tert-OH is 1. The van der Waals surface area contributed by atoms with Crippen molar-refractivity contribution in [1.29, 1.82) is 0 Å². The van der Waals surface area contributed by atoms with Crippen LogP contribution >= 0.6 is 0 Å². The van der Waals surface area contributed by atoms with Crippen LogP contribution in [0, 0.1) is 6.92 Å². The Hall–Kier alpha value is -3.60. The van der Waals surface area contributed by atoms with Crippen LogP contribution in [0.4, 0.5) is 5.69 Å². The number of anilines is 1. The van der Waals surface area contributed by atoms with Gasteiger partial charge in [-0.25, -0.2) is 13.2 Å². The number of benzene rings is 3. The van der Waals surface area contributed by atoms with Gasteiger partial charge in [-0.2, -0.15) is 0 Å². The summed E-state index contributed by atoms with van der Waals surface area (Å²) < 4.78 is 30.9. The molecule has 1 atom stereocenters. The number of sulfonamides is 1. The Morgan fingerprint density at radius 2 is 1.71 bits per heavy atom. The van der Waals surface area contributed by atoms with Crippen molar-refractivity contribution in [1.82, 2.24) is 5.32 Å². The van der Waals surface area contributed by atoms with Gasteiger partial charge in [-0.15, -0.1) is 0 Å². The molecule has 0 aliphatic heterocycles. The van der Waals surface area contributed by atoms with E-state index in [4.69, 9.17) is 9.84 Å². The lowest BCUT2D eigenvalue weighted by Gasteiger charge is -2.15. The Kier molecular flexibility index (Phi) is 8.34. The molecular weight excluding hydrogens is 472 g/mol. The van der Waals surface area contributed by atoms with Gasteiger partial charge in [-0.05, 0) is 65.6 Å². The number of phenolic OH excluding ortho intramolecular Hbond substituents is 1. The van der Waals surface area contributed by atoms with E-state index < -0.39 is 22.1 Å². The summed E-state index contributed by atoms with van der Waals surface area (Å²) in [5.74, 6) is -0.478. The van der Waals surface area contributed by atoms with Crippen molar-refractivity contribution >= 4 is 21.7 Å². The number of rotatable bonds is 11. The molecule has 0 bridgehead atoms. The van der Waals surface area contributed by atoms with Gasteiger partial charge in [0.2, 0.25) is 10.0 Å². The normalized spacial score (nSPS) is 12.2. The molecule has 0 aromatic heterocycles. The molecule has 0 aliphatic carbocycles. The van der Waals surface area contributed by atoms with Crippen molar-refractivity contribution in [3.63, 3.8) is 0 Å². The second-order valence-corrected chi connectivity index (χ2v) is 9.83. The molecule has 0 heterocycles. The molecule has 0 fully saturated rings. The number of hydrogen-bond acceptors (Lipinski definition) is 7. The molecule has 9 nitrogen and oxygen atoms in total. The fourth-order valence-electron chi connectivity index (χ4n) is 3.43. The van der Waals surface area contributed by atoms with Crippen LogP contribution in [0.5, 0.6) is 11.5 Å². The molecule has 10 heteroatoms. The number of aromatic hydroxyl groups is 1. The number of aliphatic hydroxyl groups is 1. The molecule has 0 unspecified atom stereocenters. The zero-order valence-corrected chi connectivity index (χ0v) is 20.2. The van der Waals surface area contributed by atoms with E-state index in [0.717, 1.165) is 22.9 Å². The van der Waals surface area contributed by atoms with E-state index >= 15 is 0 Å². The Morgan fingerprint density at radius 3 is 2.34 bits per heavy atom. The summed E-state index contributed by atoms with van der Waals surface area (Å²) in [5.41, 5.74) is 3.48. The van der Waals surface area contributed by atoms with Crippen molar-refractivity contribution in [2.45, 2.75) is 13.0 Å². The third kappa shape index (κ3) is 7.44. The summed E-state index contributed by atoms with van der Waals surface area (Å²) in [7, 11) is -3.57. The molecule has 186 valence electrons. The standard InChI is InChI=1S/C25H28N2O7S/c1-16-13-19(17-3-5-18(6-4-17)25(30)31)8-10-24(16)34-12-11-26-15-23(29)20-7-9-22(28)21(14-20)27-35(2,32)33/h3-10,13-14,23,26-29H,11-12,15H2,1-2H3,(H,30,31)/t23-/m1/s1. The second kappa shape index (κ2) is 11.2. The van der Waals surface area contributed by atoms with Crippen molar-refractivity contribution in [2.24, 2.45) is 0 Å². The number of nitrogens with one attached hydrogen (secondary N) is 2. The summed E-state index contributed by atoms with van der Waals surface area (Å²) in [6, 6.07) is 16.6. The van der Waals surface area contributed by atoms with Gasteiger partial charge >= 0.3 is 5.97 Å². The molecule has 0 radical (unpaired) electrons. The van der Waals surface area contributed by atoms with Crippen LogP contribution in [0.15, 0.2) is 60.7 Å². The average Bonchev–Trinajstić information content (AvgIpc) is 2.80.